The number of hydrogen-bond donors (Lipinski definition) is 2. The molecule has 2 rings (SSSR count). The van der Waals surface area contributed by atoms with E-state index in [4.69, 9.17) is 0 Å². The number of benzene rings is 1. The lowest BCUT2D eigenvalue weighted by molar-refractivity contribution is 0.602. The molecular formula is C12H16N2. The van der Waals surface area contributed by atoms with Crippen LogP contribution in [0.5, 0.6) is 0 Å². The maximum atomic E-state index is 3.42. The molecular weight excluding hydrogens is 172 g/mol. The highest BCUT2D eigenvalue weighted by molar-refractivity contribution is 5.83. The lowest BCUT2D eigenvalue weighted by Crippen LogP contribution is -2.17. The normalized spacial score (nSPS) is 13.3. The minimum atomic E-state index is 0.413. The van der Waals surface area contributed by atoms with Gasteiger partial charge in [0.05, 0.1) is 0 Å². The standard InChI is InChI=1S/C12H16N2/c1-3-13-9(2)11-8-14-12-7-5-4-6-10(11)12/h4-9,13-14H,3H2,1-2H3. The third-order valence-corrected chi connectivity index (χ3v) is 2.60. The van der Waals surface area contributed by atoms with Crippen molar-refractivity contribution in [1.29, 1.82) is 0 Å². The zero-order chi connectivity index (χ0) is 9.97. The summed E-state index contributed by atoms with van der Waals surface area (Å²) in [6.45, 7) is 5.32. The van der Waals surface area contributed by atoms with Crippen LogP contribution in [-0.4, -0.2) is 11.5 Å². The summed E-state index contributed by atoms with van der Waals surface area (Å²) in [4.78, 5) is 3.29. The molecule has 0 spiro atoms. The highest BCUT2D eigenvalue weighted by Crippen LogP contribution is 2.23. The van der Waals surface area contributed by atoms with Crippen molar-refractivity contribution in [3.05, 3.63) is 36.0 Å². The molecule has 1 aromatic heterocycles. The Labute approximate surface area is 84.3 Å². The topological polar surface area (TPSA) is 27.8 Å². The van der Waals surface area contributed by atoms with E-state index in [9.17, 15) is 0 Å². The number of rotatable bonds is 3. The average Bonchev–Trinajstić information content (AvgIpc) is 2.61. The van der Waals surface area contributed by atoms with Gasteiger partial charge < -0.3 is 10.3 Å². The first kappa shape index (κ1) is 9.28. The molecule has 0 aliphatic carbocycles. The molecule has 2 nitrogen and oxygen atoms in total. The summed E-state index contributed by atoms with van der Waals surface area (Å²) in [5.74, 6) is 0. The van der Waals surface area contributed by atoms with Crippen molar-refractivity contribution < 1.29 is 0 Å². The van der Waals surface area contributed by atoms with Gasteiger partial charge in [0.1, 0.15) is 0 Å². The molecule has 1 aromatic carbocycles. The van der Waals surface area contributed by atoms with Crippen molar-refractivity contribution in [2.75, 3.05) is 6.54 Å². The van der Waals surface area contributed by atoms with Gasteiger partial charge in [-0.3, -0.25) is 0 Å². The lowest BCUT2D eigenvalue weighted by Gasteiger charge is -2.10. The monoisotopic (exact) mass is 188 g/mol. The van der Waals surface area contributed by atoms with Gasteiger partial charge in [0.15, 0.2) is 0 Å². The van der Waals surface area contributed by atoms with E-state index in [0.29, 0.717) is 6.04 Å². The molecule has 0 fully saturated rings. The fourth-order valence-corrected chi connectivity index (χ4v) is 1.87. The van der Waals surface area contributed by atoms with Crippen LogP contribution in [0, 0.1) is 0 Å². The van der Waals surface area contributed by atoms with Gasteiger partial charge in [0.2, 0.25) is 0 Å². The van der Waals surface area contributed by atoms with Gasteiger partial charge >= 0.3 is 0 Å². The van der Waals surface area contributed by atoms with Crippen LogP contribution in [0.4, 0.5) is 0 Å². The Hall–Kier alpha value is -1.28. The van der Waals surface area contributed by atoms with E-state index in [1.54, 1.807) is 0 Å². The molecule has 1 heterocycles. The molecule has 1 unspecified atom stereocenters. The summed E-state index contributed by atoms with van der Waals surface area (Å²) in [5.41, 5.74) is 2.56. The summed E-state index contributed by atoms with van der Waals surface area (Å²) in [5, 5.41) is 4.74. The summed E-state index contributed by atoms with van der Waals surface area (Å²) < 4.78 is 0. The third kappa shape index (κ3) is 1.53. The van der Waals surface area contributed by atoms with Crippen molar-refractivity contribution in [3.8, 4) is 0 Å². The van der Waals surface area contributed by atoms with E-state index in [2.05, 4.69) is 54.6 Å². The maximum absolute atomic E-state index is 3.42. The Bertz CT molecular complexity index is 417. The van der Waals surface area contributed by atoms with Gasteiger partial charge in [0, 0.05) is 23.1 Å². The van der Waals surface area contributed by atoms with Crippen LogP contribution in [0.25, 0.3) is 10.9 Å². The summed E-state index contributed by atoms with van der Waals surface area (Å²) >= 11 is 0. The number of hydrogen-bond acceptors (Lipinski definition) is 1. The number of fused-ring (bicyclic) bond motifs is 1. The molecule has 2 aromatic rings. The number of aromatic nitrogens is 1. The molecule has 2 N–H and O–H groups in total. The van der Waals surface area contributed by atoms with E-state index in [-0.39, 0.29) is 0 Å². The highest BCUT2D eigenvalue weighted by atomic mass is 14.9. The van der Waals surface area contributed by atoms with Crippen molar-refractivity contribution in [3.63, 3.8) is 0 Å². The SMILES string of the molecule is CCNC(C)c1c[nH]c2ccccc12. The molecule has 0 aliphatic heterocycles. The Morgan fingerprint density at radius 2 is 2.14 bits per heavy atom. The predicted molar refractivity (Wildman–Crippen MR) is 60.4 cm³/mol. The minimum Gasteiger partial charge on any atom is -0.361 e. The molecule has 0 aliphatic rings. The quantitative estimate of drug-likeness (QED) is 0.761. The van der Waals surface area contributed by atoms with E-state index in [1.165, 1.54) is 16.5 Å². The molecule has 0 bridgehead atoms. The Kier molecular flexibility index (Phi) is 2.55. The van der Waals surface area contributed by atoms with Gasteiger partial charge in [0.25, 0.3) is 0 Å². The minimum absolute atomic E-state index is 0.413. The molecule has 2 heteroatoms. The van der Waals surface area contributed by atoms with Gasteiger partial charge in [-0.1, -0.05) is 25.1 Å². The van der Waals surface area contributed by atoms with Crippen LogP contribution in [0.15, 0.2) is 30.5 Å². The smallest absolute Gasteiger partial charge is 0.0457 e. The molecule has 0 radical (unpaired) electrons. The number of H-pyrrole nitrogens is 1. The van der Waals surface area contributed by atoms with Gasteiger partial charge in [-0.15, -0.1) is 0 Å². The van der Waals surface area contributed by atoms with Crippen molar-refractivity contribution in [2.45, 2.75) is 19.9 Å². The largest absolute Gasteiger partial charge is 0.361 e. The summed E-state index contributed by atoms with van der Waals surface area (Å²) in [6, 6.07) is 8.82. The maximum Gasteiger partial charge on any atom is 0.0457 e. The van der Waals surface area contributed by atoms with Crippen LogP contribution >= 0.6 is 0 Å². The van der Waals surface area contributed by atoms with Crippen LogP contribution < -0.4 is 5.32 Å². The summed E-state index contributed by atoms with van der Waals surface area (Å²) in [7, 11) is 0. The van der Waals surface area contributed by atoms with Crippen LogP contribution in [-0.2, 0) is 0 Å². The van der Waals surface area contributed by atoms with Crippen LogP contribution in [0.1, 0.15) is 25.5 Å². The molecule has 1 atom stereocenters. The van der Waals surface area contributed by atoms with Crippen molar-refractivity contribution in [2.24, 2.45) is 0 Å². The van der Waals surface area contributed by atoms with Crippen molar-refractivity contribution >= 4 is 10.9 Å². The second kappa shape index (κ2) is 3.84. The van der Waals surface area contributed by atoms with Crippen LogP contribution in [0.3, 0.4) is 0 Å². The zero-order valence-corrected chi connectivity index (χ0v) is 8.67. The summed E-state index contributed by atoms with van der Waals surface area (Å²) in [6.07, 6.45) is 2.10. The van der Waals surface area contributed by atoms with E-state index in [1.807, 2.05) is 0 Å². The van der Waals surface area contributed by atoms with Gasteiger partial charge in [-0.05, 0) is 25.1 Å². The first-order valence-corrected chi connectivity index (χ1v) is 5.12. The molecule has 0 amide bonds. The van der Waals surface area contributed by atoms with Gasteiger partial charge in [-0.2, -0.15) is 0 Å². The first-order valence-electron chi connectivity index (χ1n) is 5.12. The second-order valence-corrected chi connectivity index (χ2v) is 3.57. The Morgan fingerprint density at radius 1 is 1.36 bits per heavy atom. The number of para-hydroxylation sites is 1. The Balaban J connectivity index is 2.42. The van der Waals surface area contributed by atoms with E-state index in [0.717, 1.165) is 6.54 Å². The lowest BCUT2D eigenvalue weighted by atomic mass is 10.1. The van der Waals surface area contributed by atoms with E-state index < -0.39 is 0 Å². The number of aromatic amines is 1. The zero-order valence-electron chi connectivity index (χ0n) is 8.67. The fourth-order valence-electron chi connectivity index (χ4n) is 1.87. The van der Waals surface area contributed by atoms with Crippen molar-refractivity contribution in [1.82, 2.24) is 10.3 Å². The average molecular weight is 188 g/mol. The molecule has 14 heavy (non-hydrogen) atoms. The Morgan fingerprint density at radius 3 is 2.93 bits per heavy atom. The van der Waals surface area contributed by atoms with E-state index >= 15 is 0 Å². The van der Waals surface area contributed by atoms with Crippen LogP contribution in [0.2, 0.25) is 0 Å². The fraction of sp³-hybridized carbons (Fsp3) is 0.333. The van der Waals surface area contributed by atoms with Gasteiger partial charge in [-0.25, -0.2) is 0 Å². The second-order valence-electron chi connectivity index (χ2n) is 3.57. The number of nitrogens with one attached hydrogen (secondary N) is 2. The predicted octanol–water partition coefficient (Wildman–Crippen LogP) is 2.84. The molecule has 0 saturated carbocycles. The molecule has 74 valence electrons. The first-order chi connectivity index (χ1) is 6.83. The third-order valence-electron chi connectivity index (χ3n) is 2.60. The molecule has 0 saturated heterocycles. The highest BCUT2D eigenvalue weighted by Gasteiger charge is 2.08.